The predicted octanol–water partition coefficient (Wildman–Crippen LogP) is 6.34. The summed E-state index contributed by atoms with van der Waals surface area (Å²) in [5.74, 6) is -0.0470. The number of nitrogens with zero attached hydrogens (tertiary/aromatic N) is 1. The van der Waals surface area contributed by atoms with Crippen LogP contribution in [0, 0.1) is 31.0 Å². The second-order valence-corrected chi connectivity index (χ2v) is 8.95. The number of allylic oxidation sites excluding steroid dienone is 1. The Morgan fingerprint density at radius 1 is 0.971 bits per heavy atom. The predicted molar refractivity (Wildman–Crippen MR) is 136 cm³/mol. The Morgan fingerprint density at radius 2 is 1.71 bits per heavy atom. The fourth-order valence-electron chi connectivity index (χ4n) is 4.48. The number of carbonyl (C=O) groups excluding carboxylic acids is 1. The quantitative estimate of drug-likeness (QED) is 0.426. The molecule has 1 saturated heterocycles. The largest absolute Gasteiger partial charge is 0.359 e. The summed E-state index contributed by atoms with van der Waals surface area (Å²) >= 11 is 0. The van der Waals surface area contributed by atoms with Gasteiger partial charge in [-0.3, -0.25) is 10.2 Å². The van der Waals surface area contributed by atoms with Gasteiger partial charge in [-0.25, -0.2) is 4.39 Å². The molecule has 4 nitrogen and oxygen atoms in total. The van der Waals surface area contributed by atoms with Crippen molar-refractivity contribution in [2.75, 3.05) is 18.4 Å². The van der Waals surface area contributed by atoms with E-state index in [1.54, 1.807) is 24.3 Å². The molecular formula is C29H30FN3O. The number of benzene rings is 3. The number of amides is 1. The molecule has 0 radical (unpaired) electrons. The van der Waals surface area contributed by atoms with Crippen LogP contribution < -0.4 is 5.32 Å². The van der Waals surface area contributed by atoms with Gasteiger partial charge in [0.2, 0.25) is 0 Å². The average Bonchev–Trinajstić information content (AvgIpc) is 2.84. The van der Waals surface area contributed by atoms with Crippen LogP contribution in [0.5, 0.6) is 0 Å². The molecule has 1 amide bonds. The minimum atomic E-state index is -0.369. The van der Waals surface area contributed by atoms with Gasteiger partial charge in [-0.15, -0.1) is 0 Å². The van der Waals surface area contributed by atoms with Crippen LogP contribution in [-0.4, -0.2) is 29.6 Å². The number of hydrogen-bond donors (Lipinski definition) is 2. The van der Waals surface area contributed by atoms with Gasteiger partial charge < -0.3 is 10.2 Å². The van der Waals surface area contributed by atoms with Gasteiger partial charge in [0, 0.05) is 47.1 Å². The molecule has 34 heavy (non-hydrogen) atoms. The molecule has 5 heteroatoms. The second-order valence-electron chi connectivity index (χ2n) is 8.95. The van der Waals surface area contributed by atoms with E-state index in [0.717, 1.165) is 29.8 Å². The Bertz CT molecular complexity index is 1240. The number of carbonyl (C=O) groups is 1. The first-order valence-electron chi connectivity index (χ1n) is 11.6. The molecule has 1 aliphatic heterocycles. The summed E-state index contributed by atoms with van der Waals surface area (Å²) in [6.45, 7) is 9.57. The minimum absolute atomic E-state index is 0.00265. The van der Waals surface area contributed by atoms with Gasteiger partial charge in [-0.05, 0) is 68.1 Å². The van der Waals surface area contributed by atoms with Crippen molar-refractivity contribution in [2.24, 2.45) is 5.92 Å². The number of nitrogens with one attached hydrogen (secondary N) is 2. The zero-order valence-corrected chi connectivity index (χ0v) is 19.7. The number of anilines is 1. The van der Waals surface area contributed by atoms with Gasteiger partial charge >= 0.3 is 0 Å². The fourth-order valence-corrected chi connectivity index (χ4v) is 4.48. The lowest BCUT2D eigenvalue weighted by Crippen LogP contribution is -2.39. The minimum Gasteiger partial charge on any atom is -0.359 e. The van der Waals surface area contributed by atoms with Crippen LogP contribution in [0.1, 0.15) is 45.5 Å². The van der Waals surface area contributed by atoms with Crippen LogP contribution in [0.2, 0.25) is 0 Å². The Labute approximate surface area is 200 Å². The molecule has 3 aromatic rings. The van der Waals surface area contributed by atoms with E-state index in [1.165, 1.54) is 17.7 Å². The molecule has 0 unspecified atom stereocenters. The maximum atomic E-state index is 13.6. The molecule has 0 atom stereocenters. The summed E-state index contributed by atoms with van der Waals surface area (Å²) in [4.78, 5) is 15.0. The Kier molecular flexibility index (Phi) is 6.92. The number of likely N-dealkylation sites (tertiary alicyclic amines) is 1. The van der Waals surface area contributed by atoms with Crippen molar-refractivity contribution in [1.29, 1.82) is 5.41 Å². The molecule has 3 aromatic carbocycles. The van der Waals surface area contributed by atoms with Crippen LogP contribution in [0.25, 0.3) is 0 Å². The van der Waals surface area contributed by atoms with E-state index < -0.39 is 0 Å². The SMILES string of the molecule is C=C(Nc1ccccc1C)C1CCN(C(=O)c2ccc(C(=N)c3cccc(F)c3)c(C)c2)CC1. The second kappa shape index (κ2) is 10.0. The number of halogens is 1. The normalized spacial score (nSPS) is 14.0. The van der Waals surface area contributed by atoms with E-state index >= 15 is 0 Å². The number of piperidine rings is 1. The average molecular weight is 456 g/mol. The summed E-state index contributed by atoms with van der Waals surface area (Å²) < 4.78 is 13.6. The topological polar surface area (TPSA) is 56.2 Å². The molecule has 0 aromatic heterocycles. The van der Waals surface area contributed by atoms with Gasteiger partial charge in [-0.2, -0.15) is 0 Å². The molecule has 1 aliphatic rings. The van der Waals surface area contributed by atoms with Crippen molar-refractivity contribution in [3.63, 3.8) is 0 Å². The molecule has 1 heterocycles. The highest BCUT2D eigenvalue weighted by Crippen LogP contribution is 2.27. The van der Waals surface area contributed by atoms with Crippen molar-refractivity contribution in [3.8, 4) is 0 Å². The molecule has 0 aliphatic carbocycles. The van der Waals surface area contributed by atoms with Crippen LogP contribution >= 0.6 is 0 Å². The molecule has 4 rings (SSSR count). The molecule has 0 spiro atoms. The van der Waals surface area contributed by atoms with Crippen molar-refractivity contribution in [3.05, 3.63) is 113 Å². The Hall–Kier alpha value is -3.73. The first kappa shape index (κ1) is 23.4. The zero-order chi connectivity index (χ0) is 24.2. The van der Waals surface area contributed by atoms with E-state index in [9.17, 15) is 9.18 Å². The van der Waals surface area contributed by atoms with E-state index in [-0.39, 0.29) is 17.4 Å². The smallest absolute Gasteiger partial charge is 0.253 e. The number of hydrogen-bond acceptors (Lipinski definition) is 3. The molecule has 2 N–H and O–H groups in total. The van der Waals surface area contributed by atoms with Crippen molar-refractivity contribution in [2.45, 2.75) is 26.7 Å². The first-order chi connectivity index (χ1) is 16.3. The molecule has 0 bridgehead atoms. The van der Waals surface area contributed by atoms with E-state index in [1.807, 2.05) is 30.0 Å². The van der Waals surface area contributed by atoms with Crippen LogP contribution in [0.15, 0.2) is 79.0 Å². The lowest BCUT2D eigenvalue weighted by molar-refractivity contribution is 0.0702. The number of aryl methyl sites for hydroxylation is 2. The monoisotopic (exact) mass is 455 g/mol. The number of rotatable bonds is 6. The highest BCUT2D eigenvalue weighted by molar-refractivity contribution is 6.12. The Morgan fingerprint density at radius 3 is 2.38 bits per heavy atom. The summed E-state index contributed by atoms with van der Waals surface area (Å²) in [6.07, 6.45) is 1.73. The number of para-hydroxylation sites is 1. The van der Waals surface area contributed by atoms with Gasteiger partial charge in [0.15, 0.2) is 0 Å². The lowest BCUT2D eigenvalue weighted by Gasteiger charge is -2.33. The summed E-state index contributed by atoms with van der Waals surface area (Å²) in [5, 5.41) is 11.9. The van der Waals surface area contributed by atoms with Crippen LogP contribution in [0.4, 0.5) is 10.1 Å². The lowest BCUT2D eigenvalue weighted by atomic mass is 9.92. The molecule has 1 fully saturated rings. The molecule has 0 saturated carbocycles. The zero-order valence-electron chi connectivity index (χ0n) is 19.7. The van der Waals surface area contributed by atoms with Gasteiger partial charge in [0.05, 0.1) is 5.71 Å². The fraction of sp³-hybridized carbons (Fsp3) is 0.241. The third kappa shape index (κ3) is 5.09. The van der Waals surface area contributed by atoms with Crippen molar-refractivity contribution < 1.29 is 9.18 Å². The summed E-state index contributed by atoms with van der Waals surface area (Å²) in [6, 6.07) is 19.6. The van der Waals surface area contributed by atoms with Gasteiger partial charge in [0.1, 0.15) is 5.82 Å². The van der Waals surface area contributed by atoms with Crippen molar-refractivity contribution >= 4 is 17.3 Å². The maximum Gasteiger partial charge on any atom is 0.253 e. The highest BCUT2D eigenvalue weighted by Gasteiger charge is 2.26. The Balaban J connectivity index is 1.38. The molecular weight excluding hydrogens is 425 g/mol. The molecule has 174 valence electrons. The van der Waals surface area contributed by atoms with Gasteiger partial charge in [0.25, 0.3) is 5.91 Å². The third-order valence-electron chi connectivity index (χ3n) is 6.57. The summed E-state index contributed by atoms with van der Waals surface area (Å²) in [7, 11) is 0. The van der Waals surface area contributed by atoms with E-state index in [4.69, 9.17) is 5.41 Å². The summed E-state index contributed by atoms with van der Waals surface area (Å²) in [5.41, 5.74) is 6.15. The highest BCUT2D eigenvalue weighted by atomic mass is 19.1. The van der Waals surface area contributed by atoms with Gasteiger partial charge in [-0.1, -0.05) is 43.0 Å². The third-order valence-corrected chi connectivity index (χ3v) is 6.57. The first-order valence-corrected chi connectivity index (χ1v) is 11.6. The van der Waals surface area contributed by atoms with Crippen LogP contribution in [0.3, 0.4) is 0 Å². The maximum absolute atomic E-state index is 13.6. The van der Waals surface area contributed by atoms with Crippen molar-refractivity contribution in [1.82, 2.24) is 4.90 Å². The van der Waals surface area contributed by atoms with E-state index in [2.05, 4.69) is 31.0 Å². The van der Waals surface area contributed by atoms with E-state index in [0.29, 0.717) is 35.7 Å². The standard InChI is InChI=1S/C29H30FN3O/c1-19-7-4-5-10-27(19)32-21(3)22-13-15-33(16-14-22)29(34)24-11-12-26(20(2)17-24)28(31)23-8-6-9-25(30)18-23/h4-12,17-18,22,31-32H,3,13-16H2,1-2H3. The van der Waals surface area contributed by atoms with Crippen LogP contribution in [-0.2, 0) is 0 Å².